The molecule has 48 heavy (non-hydrogen) atoms. The van der Waals surface area contributed by atoms with Gasteiger partial charge in [-0.05, 0) is 76.8 Å². The van der Waals surface area contributed by atoms with Gasteiger partial charge in [0, 0.05) is 5.41 Å². The average Bonchev–Trinajstić information content (AvgIpc) is 2.92. The van der Waals surface area contributed by atoms with E-state index in [1.807, 2.05) is 0 Å². The lowest BCUT2D eigenvalue weighted by atomic mass is 10.1. The van der Waals surface area contributed by atoms with Gasteiger partial charge in [0.2, 0.25) is 16.0 Å². The number of guanidine groups is 1. The smallest absolute Gasteiger partial charge is 0.437 e. The van der Waals surface area contributed by atoms with E-state index in [9.17, 15) is 37.4 Å². The van der Waals surface area contributed by atoms with Gasteiger partial charge in [0.25, 0.3) is 0 Å². The Morgan fingerprint density at radius 3 is 2.08 bits per heavy atom. The van der Waals surface area contributed by atoms with Crippen LogP contribution in [0.15, 0.2) is 65.0 Å². The summed E-state index contributed by atoms with van der Waals surface area (Å²) in [5.41, 5.74) is 4.21. The maximum Gasteiger partial charge on any atom is 0.437 e. The van der Waals surface area contributed by atoms with Crippen LogP contribution in [0.2, 0.25) is 0 Å². The predicted octanol–water partition coefficient (Wildman–Crippen LogP) is 5.58. The highest BCUT2D eigenvalue weighted by molar-refractivity contribution is 7.92. The first-order valence-corrected chi connectivity index (χ1v) is 17.8. The molecule has 5 N–H and O–H groups in total. The van der Waals surface area contributed by atoms with Crippen molar-refractivity contribution in [1.82, 2.24) is 4.72 Å². The van der Waals surface area contributed by atoms with Gasteiger partial charge in [-0.15, -0.1) is 4.99 Å². The third kappa shape index (κ3) is 12.8. The molecule has 0 saturated carbocycles. The number of carboxylic acid groups (broad SMARTS) is 1. The molecule has 264 valence electrons. The molecule has 0 fully saturated rings. The number of nitrogens with two attached hydrogens (primary N) is 1. The lowest BCUT2D eigenvalue weighted by Gasteiger charge is -2.29. The van der Waals surface area contributed by atoms with Gasteiger partial charge in [-0.1, -0.05) is 56.3 Å². The number of sulfonamides is 1. The molecule has 0 aliphatic heterocycles. The molecule has 15 nitrogen and oxygen atoms in total. The van der Waals surface area contributed by atoms with Crippen LogP contribution in [0.1, 0.15) is 72.6 Å². The summed E-state index contributed by atoms with van der Waals surface area (Å²) in [7, 11) is -9.40. The van der Waals surface area contributed by atoms with E-state index < -0.39 is 70.7 Å². The molecule has 0 aliphatic rings. The molecule has 0 saturated heterocycles. The molecule has 17 heteroatoms. The number of hydrogen-bond donors (Lipinski definition) is 4. The second-order valence-electron chi connectivity index (χ2n) is 12.8. The molecular formula is C31H43N4O11PS. The van der Waals surface area contributed by atoms with Crippen LogP contribution in [0.5, 0.6) is 0 Å². The Morgan fingerprint density at radius 1 is 0.979 bits per heavy atom. The van der Waals surface area contributed by atoms with Crippen LogP contribution in [0, 0.1) is 5.92 Å². The Hall–Kier alpha value is -4.08. The van der Waals surface area contributed by atoms with Crippen LogP contribution < -0.4 is 15.4 Å². The van der Waals surface area contributed by atoms with Crippen molar-refractivity contribution >= 4 is 53.5 Å². The molecular weight excluding hydrogens is 667 g/mol. The topological polar surface area (TPSA) is 224 Å². The zero-order chi connectivity index (χ0) is 36.7. The van der Waals surface area contributed by atoms with Gasteiger partial charge >= 0.3 is 25.8 Å². The largest absolute Gasteiger partial charge is 0.479 e. The van der Waals surface area contributed by atoms with Crippen LogP contribution in [-0.4, -0.2) is 59.5 Å². The molecule has 0 radical (unpaired) electrons. The number of carbonyl (C=O) groups is 3. The summed E-state index contributed by atoms with van der Waals surface area (Å²) >= 11 is 0. The van der Waals surface area contributed by atoms with E-state index in [1.165, 1.54) is 38.1 Å². The number of aliphatic imine (C=N–C) groups is 1. The first kappa shape index (κ1) is 40.1. The summed E-state index contributed by atoms with van der Waals surface area (Å²) in [6.45, 7) is 12.4. The van der Waals surface area contributed by atoms with Crippen molar-refractivity contribution < 1.29 is 51.4 Å². The van der Waals surface area contributed by atoms with E-state index in [2.05, 4.69) is 9.71 Å². The van der Waals surface area contributed by atoms with Crippen LogP contribution in [-0.2, 0) is 33.4 Å². The SMILES string of the molecule is CC(C)C(NS(=O)(=O)C=Cc1ccccc1)P(=O)(O)OC(C(=O)O)c1cccc(N(C(=O)OC(C)(C)C)C(N)=NC(=O)OC(C)(C)C)c1. The van der Waals surface area contributed by atoms with Gasteiger partial charge in [-0.25, -0.2) is 27.7 Å². The number of hydrogen-bond acceptors (Lipinski definition) is 9. The first-order chi connectivity index (χ1) is 21.9. The Balaban J connectivity index is 2.51. The average molecular weight is 711 g/mol. The summed E-state index contributed by atoms with van der Waals surface area (Å²) in [5.74, 6) is -5.00. The van der Waals surface area contributed by atoms with E-state index in [0.29, 0.717) is 10.5 Å². The minimum atomic E-state index is -5.09. The highest BCUT2D eigenvalue weighted by atomic mass is 32.2. The lowest BCUT2D eigenvalue weighted by molar-refractivity contribution is -0.145. The molecule has 0 aliphatic carbocycles. The highest BCUT2D eigenvalue weighted by Gasteiger charge is 2.42. The fraction of sp³-hybridized carbons (Fsp3) is 0.419. The lowest BCUT2D eigenvalue weighted by Crippen LogP contribution is -2.45. The molecule has 2 rings (SSSR count). The number of benzene rings is 2. The van der Waals surface area contributed by atoms with E-state index in [0.717, 1.165) is 11.5 Å². The molecule has 0 heterocycles. The fourth-order valence-electron chi connectivity index (χ4n) is 3.88. The molecule has 0 aromatic heterocycles. The second-order valence-corrected chi connectivity index (χ2v) is 16.3. The van der Waals surface area contributed by atoms with E-state index in [4.69, 9.17) is 19.7 Å². The zero-order valence-electron chi connectivity index (χ0n) is 28.0. The van der Waals surface area contributed by atoms with Crippen molar-refractivity contribution in [1.29, 1.82) is 0 Å². The summed E-state index contributed by atoms with van der Waals surface area (Å²) in [6.07, 6.45) is -3.08. The second kappa shape index (κ2) is 15.9. The van der Waals surface area contributed by atoms with Crippen LogP contribution in [0.3, 0.4) is 0 Å². The zero-order valence-corrected chi connectivity index (χ0v) is 29.7. The van der Waals surface area contributed by atoms with Crippen LogP contribution in [0.25, 0.3) is 6.08 Å². The maximum atomic E-state index is 13.6. The van der Waals surface area contributed by atoms with Crippen molar-refractivity contribution in [3.63, 3.8) is 0 Å². The molecule has 0 spiro atoms. The number of carbonyl (C=O) groups excluding carboxylic acids is 2. The number of carboxylic acids is 1. The number of anilines is 1. The number of nitrogens with zero attached hydrogens (tertiary/aromatic N) is 2. The Labute approximate surface area is 280 Å². The molecule has 2 aromatic rings. The summed E-state index contributed by atoms with van der Waals surface area (Å²) in [5, 5.41) is 10.9. The van der Waals surface area contributed by atoms with Gasteiger partial charge in [0.1, 0.15) is 17.0 Å². The number of nitrogens with one attached hydrogen (secondary N) is 1. The van der Waals surface area contributed by atoms with Crippen LogP contribution >= 0.6 is 7.60 Å². The van der Waals surface area contributed by atoms with Crippen molar-refractivity contribution in [3.05, 3.63) is 71.1 Å². The first-order valence-electron chi connectivity index (χ1n) is 14.6. The molecule has 0 bridgehead atoms. The summed E-state index contributed by atoms with van der Waals surface area (Å²) < 4.78 is 57.2. The highest BCUT2D eigenvalue weighted by Crippen LogP contribution is 2.53. The van der Waals surface area contributed by atoms with Crippen molar-refractivity contribution in [3.8, 4) is 0 Å². The third-order valence-corrected chi connectivity index (χ3v) is 9.02. The van der Waals surface area contributed by atoms with Gasteiger partial charge in [0.05, 0.1) is 5.69 Å². The molecule has 2 aromatic carbocycles. The molecule has 3 unspecified atom stereocenters. The molecule has 3 atom stereocenters. The van der Waals surface area contributed by atoms with Crippen molar-refractivity contribution in [2.75, 3.05) is 4.90 Å². The fourth-order valence-corrected chi connectivity index (χ4v) is 7.27. The minimum absolute atomic E-state index is 0.152. The number of aliphatic carboxylic acids is 1. The standard InChI is InChI=1S/C31H43N4O11PS/c1-20(2)25(34-48(42,43)18-17-21-13-10-9-11-14-21)47(40,41)46-24(26(36)37)22-15-12-16-23(19-22)35(29(39)45-31(6,7)8)27(32)33-28(38)44-30(3,4)5/h9-20,24-25,34H,1-8H3,(H,36,37)(H,40,41)(H2,32,33,38). The maximum absolute atomic E-state index is 13.6. The third-order valence-electron chi connectivity index (χ3n) is 5.82. The van der Waals surface area contributed by atoms with Crippen molar-refractivity contribution in [2.24, 2.45) is 16.6 Å². The minimum Gasteiger partial charge on any atom is -0.479 e. The van der Waals surface area contributed by atoms with Gasteiger partial charge < -0.3 is 25.2 Å². The van der Waals surface area contributed by atoms with E-state index in [-0.39, 0.29) is 11.3 Å². The number of amides is 2. The monoisotopic (exact) mass is 710 g/mol. The normalized spacial score (nSPS) is 15.4. The van der Waals surface area contributed by atoms with Crippen LogP contribution in [0.4, 0.5) is 15.3 Å². The van der Waals surface area contributed by atoms with E-state index >= 15 is 0 Å². The van der Waals surface area contributed by atoms with E-state index in [1.54, 1.807) is 71.9 Å². The Kier molecular flexibility index (Phi) is 13.3. The number of rotatable bonds is 11. The van der Waals surface area contributed by atoms with Gasteiger partial charge in [0.15, 0.2) is 6.10 Å². The number of ether oxygens (including phenoxy) is 2. The van der Waals surface area contributed by atoms with Crippen molar-refractivity contribution in [2.45, 2.75) is 78.5 Å². The van der Waals surface area contributed by atoms with Gasteiger partial charge in [-0.2, -0.15) is 4.72 Å². The summed E-state index contributed by atoms with van der Waals surface area (Å²) in [4.78, 5) is 53.3. The Morgan fingerprint density at radius 2 is 1.56 bits per heavy atom. The molecule has 2 amide bonds. The quantitative estimate of drug-likeness (QED) is 0.127. The van der Waals surface area contributed by atoms with Gasteiger partial charge in [-0.3, -0.25) is 9.09 Å². The predicted molar refractivity (Wildman–Crippen MR) is 180 cm³/mol. The summed E-state index contributed by atoms with van der Waals surface area (Å²) in [6, 6.07) is 13.4. The Bertz CT molecular complexity index is 1680.